The number of Topliss-reactive ketones (excluding diaryl/α,β-unsaturated/α-hetero) is 1. The van der Waals surface area contributed by atoms with E-state index in [1.807, 2.05) is 6.08 Å². The molecule has 0 spiro atoms. The maximum Gasteiger partial charge on any atom is 0.159 e. The molecule has 2 aromatic rings. The van der Waals surface area contributed by atoms with Gasteiger partial charge >= 0.3 is 0 Å². The van der Waals surface area contributed by atoms with Crippen LogP contribution < -0.4 is 0 Å². The molecule has 0 amide bonds. The number of H-pyrrole nitrogens is 1. The molecule has 4 heteroatoms. The summed E-state index contributed by atoms with van der Waals surface area (Å²) in [6.45, 7) is 7.66. The van der Waals surface area contributed by atoms with Crippen LogP contribution >= 0.6 is 0 Å². The minimum Gasteiger partial charge on any atom is -0.504 e. The van der Waals surface area contributed by atoms with Crippen LogP contribution in [-0.2, 0) is 16.0 Å². The van der Waals surface area contributed by atoms with E-state index in [1.54, 1.807) is 20.3 Å². The van der Waals surface area contributed by atoms with Gasteiger partial charge in [-0.3, -0.25) is 9.69 Å². The van der Waals surface area contributed by atoms with Crippen molar-refractivity contribution < 1.29 is 9.53 Å². The van der Waals surface area contributed by atoms with Crippen LogP contribution in [0.3, 0.4) is 0 Å². The third-order valence-electron chi connectivity index (χ3n) is 6.06. The molecule has 1 aromatic carbocycles. The molecular weight excluding hydrogens is 324 g/mol. The van der Waals surface area contributed by atoms with Gasteiger partial charge in [-0.25, -0.2) is 0 Å². The summed E-state index contributed by atoms with van der Waals surface area (Å²) in [7, 11) is 1.61. The summed E-state index contributed by atoms with van der Waals surface area (Å²) >= 11 is 0. The molecule has 0 saturated carbocycles. The van der Waals surface area contributed by atoms with Crippen molar-refractivity contribution in [2.24, 2.45) is 11.8 Å². The molecular formula is C22H26N2O2. The molecule has 1 N–H and O–H groups in total. The quantitative estimate of drug-likeness (QED) is 0.515. The second kappa shape index (κ2) is 6.76. The highest BCUT2D eigenvalue weighted by Gasteiger charge is 2.41. The number of carbonyl (C=O) groups excluding carboxylic acids is 1. The fraction of sp³-hybridized carbons (Fsp3) is 0.409. The molecule has 4 nitrogen and oxygen atoms in total. The standard InChI is InChI=1S/C22H26N2O2/c1-4-15-12-24-10-9-17-16-7-5-6-8-20(16)23-22(17)21(24)11-18(15)19(13-26-3)14(2)25/h4-8,13,15,18,21,23H,1,9-12H2,2-3H3/b19-13-/t15-,18?,21?/m0/s1. The largest absolute Gasteiger partial charge is 0.504 e. The average molecular weight is 350 g/mol. The number of ketones is 1. The van der Waals surface area contributed by atoms with E-state index in [0.717, 1.165) is 31.5 Å². The molecule has 3 atom stereocenters. The number of carbonyl (C=O) groups is 1. The molecule has 136 valence electrons. The van der Waals surface area contributed by atoms with Gasteiger partial charge in [0.05, 0.1) is 19.4 Å². The lowest BCUT2D eigenvalue weighted by Crippen LogP contribution is -2.46. The Morgan fingerprint density at radius 2 is 2.19 bits per heavy atom. The maximum absolute atomic E-state index is 12.2. The first-order valence-electron chi connectivity index (χ1n) is 9.34. The van der Waals surface area contributed by atoms with Crippen molar-refractivity contribution in [1.29, 1.82) is 0 Å². The second-order valence-corrected chi connectivity index (χ2v) is 7.43. The van der Waals surface area contributed by atoms with E-state index >= 15 is 0 Å². The van der Waals surface area contributed by atoms with E-state index in [1.165, 1.54) is 22.2 Å². The number of hydrogen-bond donors (Lipinski definition) is 1. The van der Waals surface area contributed by atoms with Crippen LogP contribution in [0.15, 0.2) is 48.8 Å². The number of nitrogens with one attached hydrogen (secondary N) is 1. The third-order valence-corrected chi connectivity index (χ3v) is 6.06. The number of ether oxygens (including phenoxy) is 1. The predicted octanol–water partition coefficient (Wildman–Crippen LogP) is 4.01. The minimum atomic E-state index is 0.0878. The molecule has 0 aliphatic carbocycles. The summed E-state index contributed by atoms with van der Waals surface area (Å²) in [6, 6.07) is 8.85. The highest BCUT2D eigenvalue weighted by atomic mass is 16.5. The van der Waals surface area contributed by atoms with Crippen molar-refractivity contribution >= 4 is 16.7 Å². The molecule has 1 fully saturated rings. The number of aromatic amines is 1. The van der Waals surface area contributed by atoms with Gasteiger partial charge in [-0.1, -0.05) is 24.3 Å². The van der Waals surface area contributed by atoms with Crippen LogP contribution in [-0.4, -0.2) is 35.9 Å². The smallest absolute Gasteiger partial charge is 0.159 e. The molecule has 1 saturated heterocycles. The van der Waals surface area contributed by atoms with Gasteiger partial charge in [-0.2, -0.15) is 0 Å². The Hall–Kier alpha value is -2.33. The van der Waals surface area contributed by atoms with E-state index < -0.39 is 0 Å². The summed E-state index contributed by atoms with van der Waals surface area (Å²) in [5.74, 6) is 0.496. The monoisotopic (exact) mass is 350 g/mol. The number of nitrogens with zero attached hydrogens (tertiary/aromatic N) is 1. The second-order valence-electron chi connectivity index (χ2n) is 7.43. The van der Waals surface area contributed by atoms with Crippen LogP contribution in [0.4, 0.5) is 0 Å². The number of rotatable bonds is 4. The van der Waals surface area contributed by atoms with E-state index in [4.69, 9.17) is 4.74 Å². The summed E-state index contributed by atoms with van der Waals surface area (Å²) < 4.78 is 5.23. The zero-order valence-electron chi connectivity index (χ0n) is 15.5. The Labute approximate surface area is 154 Å². The number of allylic oxidation sites excluding steroid dienone is 1. The number of hydrogen-bond acceptors (Lipinski definition) is 3. The lowest BCUT2D eigenvalue weighted by Gasteiger charge is -2.46. The molecule has 3 heterocycles. The normalized spacial score (nSPS) is 26.2. The van der Waals surface area contributed by atoms with Crippen LogP contribution in [0.2, 0.25) is 0 Å². The Kier molecular flexibility index (Phi) is 4.45. The Morgan fingerprint density at radius 1 is 1.38 bits per heavy atom. The highest BCUT2D eigenvalue weighted by Crippen LogP contribution is 2.45. The van der Waals surface area contributed by atoms with Crippen molar-refractivity contribution in [3.05, 3.63) is 60.0 Å². The van der Waals surface area contributed by atoms with Gasteiger partial charge in [0.15, 0.2) is 5.78 Å². The molecule has 4 rings (SSSR count). The van der Waals surface area contributed by atoms with Gasteiger partial charge in [0, 0.05) is 35.3 Å². The van der Waals surface area contributed by atoms with E-state index in [0.29, 0.717) is 6.04 Å². The van der Waals surface area contributed by atoms with Crippen molar-refractivity contribution in [3.8, 4) is 0 Å². The first-order valence-corrected chi connectivity index (χ1v) is 9.34. The molecule has 26 heavy (non-hydrogen) atoms. The lowest BCUT2D eigenvalue weighted by atomic mass is 9.74. The fourth-order valence-electron chi connectivity index (χ4n) is 4.82. The van der Waals surface area contributed by atoms with E-state index in [9.17, 15) is 4.79 Å². The summed E-state index contributed by atoms with van der Waals surface area (Å²) in [4.78, 5) is 18.4. The third kappa shape index (κ3) is 2.69. The van der Waals surface area contributed by atoms with Gasteiger partial charge in [0.2, 0.25) is 0 Å². The van der Waals surface area contributed by atoms with Gasteiger partial charge in [0.1, 0.15) is 0 Å². The number of piperidine rings is 1. The fourth-order valence-corrected chi connectivity index (χ4v) is 4.82. The van der Waals surface area contributed by atoms with Crippen molar-refractivity contribution in [3.63, 3.8) is 0 Å². The first-order chi connectivity index (χ1) is 12.6. The van der Waals surface area contributed by atoms with Crippen molar-refractivity contribution in [2.45, 2.75) is 25.8 Å². The topological polar surface area (TPSA) is 45.3 Å². The average Bonchev–Trinajstić information content (AvgIpc) is 3.04. The maximum atomic E-state index is 12.2. The van der Waals surface area contributed by atoms with Gasteiger partial charge in [0.25, 0.3) is 0 Å². The van der Waals surface area contributed by atoms with Crippen molar-refractivity contribution in [1.82, 2.24) is 9.88 Å². The zero-order valence-corrected chi connectivity index (χ0v) is 15.5. The zero-order chi connectivity index (χ0) is 18.3. The summed E-state index contributed by atoms with van der Waals surface area (Å²) in [5, 5.41) is 1.34. The number of benzene rings is 1. The van der Waals surface area contributed by atoms with Crippen LogP contribution in [0.1, 0.15) is 30.6 Å². The molecule has 0 bridgehead atoms. The Balaban J connectivity index is 1.75. The van der Waals surface area contributed by atoms with E-state index in [2.05, 4.69) is 40.7 Å². The molecule has 0 radical (unpaired) electrons. The summed E-state index contributed by atoms with van der Waals surface area (Å²) in [5.41, 5.74) is 4.75. The van der Waals surface area contributed by atoms with Gasteiger partial charge in [-0.15, -0.1) is 6.58 Å². The lowest BCUT2D eigenvalue weighted by molar-refractivity contribution is -0.114. The highest BCUT2D eigenvalue weighted by molar-refractivity contribution is 5.93. The van der Waals surface area contributed by atoms with Crippen molar-refractivity contribution in [2.75, 3.05) is 20.2 Å². The Bertz CT molecular complexity index is 879. The molecule has 2 aliphatic rings. The van der Waals surface area contributed by atoms with Crippen LogP contribution in [0, 0.1) is 11.8 Å². The van der Waals surface area contributed by atoms with Crippen LogP contribution in [0.5, 0.6) is 0 Å². The predicted molar refractivity (Wildman–Crippen MR) is 104 cm³/mol. The number of fused-ring (bicyclic) bond motifs is 5. The number of aromatic nitrogens is 1. The minimum absolute atomic E-state index is 0.0878. The van der Waals surface area contributed by atoms with E-state index in [-0.39, 0.29) is 17.6 Å². The Morgan fingerprint density at radius 3 is 2.92 bits per heavy atom. The number of methoxy groups -OCH3 is 1. The van der Waals surface area contributed by atoms with Crippen LogP contribution in [0.25, 0.3) is 10.9 Å². The summed E-state index contributed by atoms with van der Waals surface area (Å²) in [6.07, 6.45) is 5.62. The van der Waals surface area contributed by atoms with Gasteiger partial charge < -0.3 is 9.72 Å². The molecule has 2 aliphatic heterocycles. The number of para-hydroxylation sites is 1. The van der Waals surface area contributed by atoms with Gasteiger partial charge in [-0.05, 0) is 43.2 Å². The molecule has 1 aromatic heterocycles. The first kappa shape index (κ1) is 17.1. The SMILES string of the molecule is C=C[C@H]1CN2CCc3c([nH]c4ccccc34)C2CC1/C(=C\OC)C(C)=O. The molecule has 2 unspecified atom stereocenters.